The number of aromatic amines is 1. The summed E-state index contributed by atoms with van der Waals surface area (Å²) in [4.78, 5) is 13.7. The molecule has 2 aromatic carbocycles. The fourth-order valence-corrected chi connectivity index (χ4v) is 5.21. The average Bonchev–Trinajstić information content (AvgIpc) is 3.47. The van der Waals surface area contributed by atoms with E-state index in [2.05, 4.69) is 37.5 Å². The highest BCUT2D eigenvalue weighted by Crippen LogP contribution is 2.57. The van der Waals surface area contributed by atoms with E-state index in [-0.39, 0.29) is 24.1 Å². The molecule has 0 saturated heterocycles. The zero-order valence-corrected chi connectivity index (χ0v) is 18.2. The molecule has 3 aliphatic rings. The van der Waals surface area contributed by atoms with Crippen LogP contribution in [0, 0.1) is 18.3 Å². The number of ether oxygens (including phenoxy) is 3. The first-order valence-electron chi connectivity index (χ1n) is 9.65. The second kappa shape index (κ2) is 6.27. The molecule has 4 heterocycles. The van der Waals surface area contributed by atoms with Gasteiger partial charge in [0.15, 0.2) is 11.5 Å². The van der Waals surface area contributed by atoms with Gasteiger partial charge in [0, 0.05) is 21.3 Å². The van der Waals surface area contributed by atoms with E-state index in [4.69, 9.17) is 19.9 Å². The number of aromatic nitrogens is 2. The molecule has 1 aromatic heterocycles. The van der Waals surface area contributed by atoms with Crippen molar-refractivity contribution in [2.45, 2.75) is 12.3 Å². The molecule has 1 spiro atoms. The van der Waals surface area contributed by atoms with Crippen LogP contribution in [0.1, 0.15) is 16.7 Å². The van der Waals surface area contributed by atoms with Crippen LogP contribution in [0.3, 0.4) is 0 Å². The minimum atomic E-state index is -1.55. The molecule has 158 valence electrons. The normalized spacial score (nSPS) is 20.0. The molecule has 0 aliphatic carbocycles. The van der Waals surface area contributed by atoms with Crippen molar-refractivity contribution in [2.75, 3.05) is 12.1 Å². The number of nitrogens with two attached hydrogens (primary N) is 1. The van der Waals surface area contributed by atoms with E-state index < -0.39 is 11.3 Å². The number of nitrogens with zero attached hydrogens (tertiary/aromatic N) is 2. The molecule has 3 aliphatic heterocycles. The van der Waals surface area contributed by atoms with Gasteiger partial charge in [-0.25, -0.2) is 0 Å². The highest BCUT2D eigenvalue weighted by atomic mass is 79.9. The molecule has 6 rings (SSSR count). The van der Waals surface area contributed by atoms with Gasteiger partial charge in [0.25, 0.3) is 0 Å². The Morgan fingerprint density at radius 2 is 2.03 bits per heavy atom. The predicted octanol–water partition coefficient (Wildman–Crippen LogP) is 3.20. The van der Waals surface area contributed by atoms with Gasteiger partial charge in [-0.05, 0) is 36.8 Å². The third-order valence-corrected chi connectivity index (χ3v) is 7.03. The zero-order chi connectivity index (χ0) is 22.2. The summed E-state index contributed by atoms with van der Waals surface area (Å²) in [6.45, 7) is 2.04. The number of H-pyrrole nitrogens is 1. The smallest absolute Gasteiger partial charge is 0.245 e. The minimum Gasteiger partial charge on any atom is -0.454 e. The molecule has 3 aromatic rings. The summed E-state index contributed by atoms with van der Waals surface area (Å²) in [5, 5.41) is 20.3. The molecule has 0 bridgehead atoms. The third-order valence-electron chi connectivity index (χ3n) is 6.01. The Hall–Kier alpha value is -3.97. The number of hydrogen-bond donors (Lipinski definition) is 3. The van der Waals surface area contributed by atoms with E-state index in [0.29, 0.717) is 44.0 Å². The van der Waals surface area contributed by atoms with E-state index in [1.54, 1.807) is 12.1 Å². The number of hydrogen-bond acceptors (Lipinski definition) is 7. The molecule has 4 N–H and O–H groups in total. The number of benzene rings is 2. The Balaban J connectivity index is 1.71. The Kier molecular flexibility index (Phi) is 3.68. The maximum atomic E-state index is 13.7. The first-order valence-corrected chi connectivity index (χ1v) is 10.4. The highest BCUT2D eigenvalue weighted by molar-refractivity contribution is 9.10. The lowest BCUT2D eigenvalue weighted by Gasteiger charge is -2.32. The molecule has 0 radical (unpaired) electrons. The van der Waals surface area contributed by atoms with Gasteiger partial charge in [-0.1, -0.05) is 22.0 Å². The lowest BCUT2D eigenvalue weighted by molar-refractivity contribution is -0.118. The highest BCUT2D eigenvalue weighted by Gasteiger charge is 2.59. The van der Waals surface area contributed by atoms with Crippen LogP contribution < -0.4 is 25.3 Å². The largest absolute Gasteiger partial charge is 0.454 e. The van der Waals surface area contributed by atoms with Crippen molar-refractivity contribution >= 4 is 27.5 Å². The fraction of sp³-hybridized carbons (Fsp3) is 0.136. The summed E-state index contributed by atoms with van der Waals surface area (Å²) < 4.78 is 17.3. The average molecular weight is 492 g/mol. The van der Waals surface area contributed by atoms with Gasteiger partial charge >= 0.3 is 0 Å². The monoisotopic (exact) mass is 491 g/mol. The van der Waals surface area contributed by atoms with Crippen LogP contribution >= 0.6 is 15.9 Å². The van der Waals surface area contributed by atoms with E-state index in [1.807, 2.05) is 25.1 Å². The van der Waals surface area contributed by atoms with Gasteiger partial charge < -0.3 is 25.3 Å². The fourth-order valence-electron chi connectivity index (χ4n) is 4.57. The molecular weight excluding hydrogens is 478 g/mol. The molecule has 1 atom stereocenters. The van der Waals surface area contributed by atoms with Gasteiger partial charge in [-0.15, -0.1) is 5.10 Å². The van der Waals surface area contributed by atoms with Gasteiger partial charge in [0.1, 0.15) is 17.1 Å². The molecule has 10 heteroatoms. The summed E-state index contributed by atoms with van der Waals surface area (Å²) in [5.41, 5.74) is 8.26. The van der Waals surface area contributed by atoms with E-state index >= 15 is 0 Å². The second-order valence-electron chi connectivity index (χ2n) is 7.62. The number of fused-ring (bicyclic) bond motifs is 5. The van der Waals surface area contributed by atoms with Gasteiger partial charge in [0.05, 0.1) is 11.3 Å². The first kappa shape index (κ1) is 18.8. The maximum Gasteiger partial charge on any atom is 0.245 e. The maximum absolute atomic E-state index is 13.7. The van der Waals surface area contributed by atoms with E-state index in [9.17, 15) is 10.1 Å². The van der Waals surface area contributed by atoms with Gasteiger partial charge in [-0.2, -0.15) is 5.26 Å². The topological polar surface area (TPSA) is 135 Å². The molecule has 9 nitrogen and oxygen atoms in total. The SMILES string of the molecule is Cc1ccc2c(c1Br)C1(C(=O)N2)C(C#N)=C(N)Oc2n[nH]c(-c3ccc4c(c3)OCO4)c21. The van der Waals surface area contributed by atoms with Crippen LogP contribution in [0.5, 0.6) is 17.4 Å². The summed E-state index contributed by atoms with van der Waals surface area (Å²) in [6, 6.07) is 11.2. The molecule has 0 saturated carbocycles. The van der Waals surface area contributed by atoms with Crippen molar-refractivity contribution in [2.24, 2.45) is 5.73 Å². The number of nitriles is 1. The minimum absolute atomic E-state index is 0.00376. The number of carbonyl (C=O) groups excluding carboxylic acids is 1. The zero-order valence-electron chi connectivity index (χ0n) is 16.6. The van der Waals surface area contributed by atoms with Crippen molar-refractivity contribution in [3.63, 3.8) is 0 Å². The number of rotatable bonds is 1. The van der Waals surface area contributed by atoms with Crippen LogP contribution in [0.25, 0.3) is 11.3 Å². The van der Waals surface area contributed by atoms with Crippen molar-refractivity contribution < 1.29 is 19.0 Å². The number of nitrogens with one attached hydrogen (secondary N) is 2. The van der Waals surface area contributed by atoms with Crippen LogP contribution in [0.4, 0.5) is 5.69 Å². The molecular formula is C22H14BrN5O4. The number of aryl methyl sites for hydroxylation is 1. The number of amides is 1. The van der Waals surface area contributed by atoms with Crippen LogP contribution in [-0.2, 0) is 10.2 Å². The van der Waals surface area contributed by atoms with Gasteiger partial charge in [-0.3, -0.25) is 9.89 Å². The summed E-state index contributed by atoms with van der Waals surface area (Å²) >= 11 is 3.63. The van der Waals surface area contributed by atoms with Gasteiger partial charge in [0.2, 0.25) is 24.5 Å². The second-order valence-corrected chi connectivity index (χ2v) is 8.42. The van der Waals surface area contributed by atoms with Crippen molar-refractivity contribution in [1.29, 1.82) is 5.26 Å². The van der Waals surface area contributed by atoms with Crippen molar-refractivity contribution in [1.82, 2.24) is 10.2 Å². The van der Waals surface area contributed by atoms with E-state index in [0.717, 1.165) is 5.56 Å². The third kappa shape index (κ3) is 2.15. The molecule has 0 fully saturated rings. The Bertz CT molecular complexity index is 1440. The lowest BCUT2D eigenvalue weighted by Crippen LogP contribution is -2.42. The predicted molar refractivity (Wildman–Crippen MR) is 116 cm³/mol. The summed E-state index contributed by atoms with van der Waals surface area (Å²) in [5.74, 6) is 0.745. The van der Waals surface area contributed by atoms with Crippen LogP contribution in [-0.4, -0.2) is 22.9 Å². The standard InChI is InChI=1S/C22H14BrN5O4/c1-9-2-4-12-15(17(9)23)22(21(29)26-12)11(7-24)19(25)32-20-16(22)18(27-28-20)10-3-5-13-14(6-10)31-8-30-13/h2-6H,8,25H2,1H3,(H,26,29)(H,27,28). The number of carbonyl (C=O) groups is 1. The molecule has 1 amide bonds. The Morgan fingerprint density at radius 3 is 2.84 bits per heavy atom. The van der Waals surface area contributed by atoms with E-state index in [1.165, 1.54) is 0 Å². The van der Waals surface area contributed by atoms with Crippen molar-refractivity contribution in [3.05, 3.63) is 63.0 Å². The van der Waals surface area contributed by atoms with Crippen LogP contribution in [0.15, 0.2) is 46.3 Å². The Morgan fingerprint density at radius 1 is 1.22 bits per heavy atom. The Labute approximate surface area is 189 Å². The summed E-state index contributed by atoms with van der Waals surface area (Å²) in [7, 11) is 0. The van der Waals surface area contributed by atoms with Crippen LogP contribution in [0.2, 0.25) is 0 Å². The number of halogens is 1. The quantitative estimate of drug-likeness (QED) is 0.475. The molecule has 32 heavy (non-hydrogen) atoms. The lowest BCUT2D eigenvalue weighted by atomic mass is 9.68. The first-order chi connectivity index (χ1) is 15.5. The summed E-state index contributed by atoms with van der Waals surface area (Å²) in [6.07, 6.45) is 0. The molecule has 1 unspecified atom stereocenters. The number of anilines is 1. The van der Waals surface area contributed by atoms with Crippen molar-refractivity contribution in [3.8, 4) is 34.7 Å².